The molecule has 1 heterocycles. The molecule has 0 atom stereocenters. The molecule has 4 nitrogen and oxygen atoms in total. The number of carbonyl (C=O) groups is 1. The molecule has 1 aromatic heterocycles. The molecule has 0 fully saturated rings. The molecule has 0 spiro atoms. The first-order valence-corrected chi connectivity index (χ1v) is 6.00. The Bertz CT molecular complexity index is 336. The number of pyridine rings is 1. The Balaban J connectivity index is 2.29. The molecule has 0 saturated carbocycles. The van der Waals surface area contributed by atoms with E-state index in [2.05, 4.69) is 12.2 Å². The van der Waals surface area contributed by atoms with Crippen molar-refractivity contribution in [3.05, 3.63) is 30.1 Å². The molecule has 0 radical (unpaired) electrons. The smallest absolute Gasteiger partial charge is 0.285 e. The lowest BCUT2D eigenvalue weighted by molar-refractivity contribution is -0.684. The summed E-state index contributed by atoms with van der Waals surface area (Å²) in [5.41, 5.74) is 1.28. The number of nitrogens with one attached hydrogen (secondary N) is 1. The maximum absolute atomic E-state index is 11.6. The molecule has 1 aromatic rings. The topological polar surface area (TPSA) is 42.2 Å². The van der Waals surface area contributed by atoms with Gasteiger partial charge in [0, 0.05) is 32.4 Å². The summed E-state index contributed by atoms with van der Waals surface area (Å²) < 4.78 is 6.79. The number of amides is 1. The highest BCUT2D eigenvalue weighted by molar-refractivity contribution is 5.74. The summed E-state index contributed by atoms with van der Waals surface area (Å²) in [6.07, 6.45) is 5.74. The number of carbonyl (C=O) groups excluding carboxylic acids is 1. The molecule has 1 amide bonds. The van der Waals surface area contributed by atoms with Crippen LogP contribution in [0.5, 0.6) is 0 Å². The summed E-state index contributed by atoms with van der Waals surface area (Å²) in [5.74, 6) is 0.0374. The van der Waals surface area contributed by atoms with Crippen molar-refractivity contribution in [1.29, 1.82) is 0 Å². The summed E-state index contributed by atoms with van der Waals surface area (Å²) >= 11 is 0. The van der Waals surface area contributed by atoms with Gasteiger partial charge in [-0.2, -0.15) is 4.57 Å². The number of nitrogens with zero attached hydrogens (tertiary/aromatic N) is 1. The zero-order valence-corrected chi connectivity index (χ0v) is 10.6. The quantitative estimate of drug-likeness (QED) is 0.560. The van der Waals surface area contributed by atoms with Gasteiger partial charge in [0.1, 0.15) is 0 Å². The van der Waals surface area contributed by atoms with Crippen LogP contribution in [-0.2, 0) is 22.5 Å². The average Bonchev–Trinajstić information content (AvgIpc) is 2.36. The van der Waals surface area contributed by atoms with E-state index in [1.54, 1.807) is 7.11 Å². The van der Waals surface area contributed by atoms with Crippen LogP contribution in [0.2, 0.25) is 0 Å². The minimum atomic E-state index is 0.0374. The number of hydrogen-bond donors (Lipinski definition) is 1. The fourth-order valence-electron chi connectivity index (χ4n) is 1.50. The molecule has 94 valence electrons. The number of methoxy groups -OCH3 is 1. The van der Waals surface area contributed by atoms with Gasteiger partial charge in [-0.1, -0.05) is 6.92 Å². The summed E-state index contributed by atoms with van der Waals surface area (Å²) in [7, 11) is 1.66. The minimum Gasteiger partial charge on any atom is -0.385 e. The van der Waals surface area contributed by atoms with Crippen molar-refractivity contribution in [2.24, 2.45) is 0 Å². The summed E-state index contributed by atoms with van der Waals surface area (Å²) in [4.78, 5) is 11.6. The second kappa shape index (κ2) is 7.79. The van der Waals surface area contributed by atoms with Gasteiger partial charge in [0.15, 0.2) is 12.4 Å². The van der Waals surface area contributed by atoms with Crippen LogP contribution < -0.4 is 9.88 Å². The molecule has 1 rings (SSSR count). The largest absolute Gasteiger partial charge is 0.385 e. The van der Waals surface area contributed by atoms with Crippen LogP contribution in [0.3, 0.4) is 0 Å². The van der Waals surface area contributed by atoms with Gasteiger partial charge in [-0.15, -0.1) is 0 Å². The van der Waals surface area contributed by atoms with Crippen molar-refractivity contribution in [2.75, 3.05) is 20.3 Å². The van der Waals surface area contributed by atoms with Crippen molar-refractivity contribution >= 4 is 5.91 Å². The third-order valence-electron chi connectivity index (χ3n) is 2.54. The Morgan fingerprint density at radius 3 is 2.71 bits per heavy atom. The summed E-state index contributed by atoms with van der Waals surface area (Å²) in [6.45, 7) is 3.83. The zero-order chi connectivity index (χ0) is 12.5. The van der Waals surface area contributed by atoms with Crippen LogP contribution in [-0.4, -0.2) is 26.2 Å². The second-order valence-electron chi connectivity index (χ2n) is 3.93. The van der Waals surface area contributed by atoms with E-state index in [1.807, 2.05) is 29.1 Å². The average molecular weight is 237 g/mol. The van der Waals surface area contributed by atoms with E-state index < -0.39 is 0 Å². The van der Waals surface area contributed by atoms with Crippen LogP contribution >= 0.6 is 0 Å². The van der Waals surface area contributed by atoms with E-state index in [1.165, 1.54) is 5.56 Å². The molecule has 0 aliphatic carbocycles. The lowest BCUT2D eigenvalue weighted by atomic mass is 10.2. The van der Waals surface area contributed by atoms with Gasteiger partial charge >= 0.3 is 0 Å². The molecular formula is C13H21N2O2+. The molecule has 0 saturated heterocycles. The van der Waals surface area contributed by atoms with Crippen molar-refractivity contribution in [3.8, 4) is 0 Å². The summed E-state index contributed by atoms with van der Waals surface area (Å²) in [6, 6.07) is 4.08. The molecule has 0 aliphatic rings. The number of rotatable bonds is 7. The van der Waals surface area contributed by atoms with Crippen LogP contribution in [0, 0.1) is 0 Å². The lowest BCUT2D eigenvalue weighted by Crippen LogP contribution is -2.42. The van der Waals surface area contributed by atoms with E-state index in [9.17, 15) is 4.79 Å². The van der Waals surface area contributed by atoms with Gasteiger partial charge in [-0.25, -0.2) is 0 Å². The molecule has 1 N–H and O–H groups in total. The van der Waals surface area contributed by atoms with Crippen LogP contribution in [0.15, 0.2) is 24.5 Å². The number of ether oxygens (including phenoxy) is 1. The minimum absolute atomic E-state index is 0.0374. The van der Waals surface area contributed by atoms with Crippen molar-refractivity contribution in [2.45, 2.75) is 26.3 Å². The molecule has 0 aromatic carbocycles. The Labute approximate surface area is 103 Å². The van der Waals surface area contributed by atoms with Gasteiger partial charge in [-0.05, 0) is 18.4 Å². The van der Waals surface area contributed by atoms with Crippen molar-refractivity contribution in [3.63, 3.8) is 0 Å². The van der Waals surface area contributed by atoms with Gasteiger partial charge in [0.05, 0.1) is 0 Å². The van der Waals surface area contributed by atoms with Gasteiger partial charge in [-0.3, -0.25) is 4.79 Å². The Kier molecular flexibility index (Phi) is 6.25. The highest BCUT2D eigenvalue weighted by atomic mass is 16.5. The first kappa shape index (κ1) is 13.6. The maximum Gasteiger partial charge on any atom is 0.285 e. The Morgan fingerprint density at radius 2 is 2.12 bits per heavy atom. The van der Waals surface area contributed by atoms with E-state index in [0.717, 1.165) is 12.8 Å². The Hall–Kier alpha value is -1.42. The van der Waals surface area contributed by atoms with Gasteiger partial charge in [0.25, 0.3) is 5.91 Å². The highest BCUT2D eigenvalue weighted by Gasteiger charge is 2.07. The molecular weight excluding hydrogens is 216 g/mol. The fourth-order valence-corrected chi connectivity index (χ4v) is 1.50. The normalized spacial score (nSPS) is 10.2. The van der Waals surface area contributed by atoms with Crippen LogP contribution in [0.4, 0.5) is 0 Å². The van der Waals surface area contributed by atoms with E-state index >= 15 is 0 Å². The zero-order valence-electron chi connectivity index (χ0n) is 10.6. The summed E-state index contributed by atoms with van der Waals surface area (Å²) in [5, 5.41) is 2.85. The first-order chi connectivity index (χ1) is 8.26. The standard InChI is InChI=1S/C13H20N2O2/c1-3-12-5-8-15(9-6-12)11-13(16)14-7-4-10-17-2/h5-6,8-9H,3-4,7,10-11H2,1-2H3/p+1. The first-order valence-electron chi connectivity index (χ1n) is 6.00. The molecule has 0 unspecified atom stereocenters. The monoisotopic (exact) mass is 237 g/mol. The number of aromatic nitrogens is 1. The lowest BCUT2D eigenvalue weighted by Gasteiger charge is -2.02. The Morgan fingerprint density at radius 1 is 1.41 bits per heavy atom. The number of aryl methyl sites for hydroxylation is 1. The molecule has 0 bridgehead atoms. The van der Waals surface area contributed by atoms with E-state index in [4.69, 9.17) is 4.74 Å². The SMILES string of the molecule is CCc1cc[n+](CC(=O)NCCCOC)cc1. The number of hydrogen-bond acceptors (Lipinski definition) is 2. The van der Waals surface area contributed by atoms with E-state index in [-0.39, 0.29) is 5.91 Å². The highest BCUT2D eigenvalue weighted by Crippen LogP contribution is 1.94. The predicted octanol–water partition coefficient (Wildman–Crippen LogP) is 0.689. The third-order valence-corrected chi connectivity index (χ3v) is 2.54. The fraction of sp³-hybridized carbons (Fsp3) is 0.538. The molecule has 4 heteroatoms. The van der Waals surface area contributed by atoms with E-state index in [0.29, 0.717) is 19.7 Å². The predicted molar refractivity (Wildman–Crippen MR) is 65.5 cm³/mol. The molecule has 17 heavy (non-hydrogen) atoms. The third kappa shape index (κ3) is 5.45. The van der Waals surface area contributed by atoms with Gasteiger partial charge < -0.3 is 10.1 Å². The van der Waals surface area contributed by atoms with Crippen molar-refractivity contribution < 1.29 is 14.1 Å². The maximum atomic E-state index is 11.6. The van der Waals surface area contributed by atoms with Gasteiger partial charge in [0.2, 0.25) is 6.54 Å². The van der Waals surface area contributed by atoms with Crippen molar-refractivity contribution in [1.82, 2.24) is 5.32 Å². The second-order valence-corrected chi connectivity index (χ2v) is 3.93. The van der Waals surface area contributed by atoms with Crippen LogP contribution in [0.1, 0.15) is 18.9 Å². The van der Waals surface area contributed by atoms with Crippen LogP contribution in [0.25, 0.3) is 0 Å². The molecule has 0 aliphatic heterocycles.